The van der Waals surface area contributed by atoms with Crippen LogP contribution < -0.4 is 5.32 Å². The number of nitrogens with one attached hydrogen (secondary N) is 1. The number of amides is 1. The van der Waals surface area contributed by atoms with Gasteiger partial charge in [0.25, 0.3) is 0 Å². The van der Waals surface area contributed by atoms with Gasteiger partial charge >= 0.3 is 0 Å². The van der Waals surface area contributed by atoms with Gasteiger partial charge in [0.1, 0.15) is 0 Å². The molecular weight excluding hydrogens is 186 g/mol. The summed E-state index contributed by atoms with van der Waals surface area (Å²) in [4.78, 5) is 10.4. The molecule has 0 saturated carbocycles. The topological polar surface area (TPSA) is 29.1 Å². The van der Waals surface area contributed by atoms with Crippen LogP contribution in [0, 0.1) is 5.92 Å². The summed E-state index contributed by atoms with van der Waals surface area (Å²) in [5, 5.41) is 2.68. The highest BCUT2D eigenvalue weighted by molar-refractivity contribution is 5.71. The summed E-state index contributed by atoms with van der Waals surface area (Å²) in [6.45, 7) is 8.86. The fraction of sp³-hybridized carbons (Fsp3) is 0.462. The van der Waals surface area contributed by atoms with Gasteiger partial charge in [0.2, 0.25) is 6.41 Å². The van der Waals surface area contributed by atoms with Crippen molar-refractivity contribution < 1.29 is 4.79 Å². The third kappa shape index (κ3) is 2.58. The molecule has 0 aliphatic heterocycles. The highest BCUT2D eigenvalue weighted by Crippen LogP contribution is 2.32. The van der Waals surface area contributed by atoms with Gasteiger partial charge in [-0.2, -0.15) is 0 Å². The number of hydrogen-bond donors (Lipinski definition) is 1. The maximum Gasteiger partial charge on any atom is 0.211 e. The van der Waals surface area contributed by atoms with Crippen molar-refractivity contribution in [3.63, 3.8) is 0 Å². The molecule has 1 N–H and O–H groups in total. The zero-order valence-electron chi connectivity index (χ0n) is 9.87. The molecule has 0 aliphatic rings. The first-order valence-electron chi connectivity index (χ1n) is 5.29. The van der Waals surface area contributed by atoms with Gasteiger partial charge in [0.05, 0.1) is 0 Å². The number of carbonyl (C=O) groups is 1. The van der Waals surface area contributed by atoms with Gasteiger partial charge in [-0.3, -0.25) is 4.79 Å². The predicted molar refractivity (Wildman–Crippen MR) is 64.0 cm³/mol. The van der Waals surface area contributed by atoms with Gasteiger partial charge in [-0.25, -0.2) is 0 Å². The smallest absolute Gasteiger partial charge is 0.211 e. The van der Waals surface area contributed by atoms with Crippen LogP contribution >= 0.6 is 0 Å². The minimum Gasteiger partial charge on any atom is -0.329 e. The molecule has 1 rings (SSSR count). The second-order valence-electron chi connectivity index (χ2n) is 4.72. The van der Waals surface area contributed by atoms with E-state index in [2.05, 4.69) is 39.1 Å². The SMILES string of the molecule is CC(C)C(C)(C)c1cccc(NC=O)c1. The summed E-state index contributed by atoms with van der Waals surface area (Å²) in [5.74, 6) is 0.559. The van der Waals surface area contributed by atoms with Crippen LogP contribution in [0.1, 0.15) is 33.3 Å². The Morgan fingerprint density at radius 3 is 2.53 bits per heavy atom. The van der Waals surface area contributed by atoms with Gasteiger partial charge in [-0.15, -0.1) is 0 Å². The van der Waals surface area contributed by atoms with Crippen LogP contribution in [-0.4, -0.2) is 6.41 Å². The van der Waals surface area contributed by atoms with Crippen molar-refractivity contribution in [2.24, 2.45) is 5.92 Å². The molecule has 1 aromatic carbocycles. The molecule has 1 aromatic rings. The van der Waals surface area contributed by atoms with Crippen LogP contribution in [0.25, 0.3) is 0 Å². The van der Waals surface area contributed by atoms with Crippen LogP contribution in [-0.2, 0) is 10.2 Å². The number of carbonyl (C=O) groups excluding carboxylic acids is 1. The minimum atomic E-state index is 0.126. The maximum atomic E-state index is 10.4. The second-order valence-corrected chi connectivity index (χ2v) is 4.72. The van der Waals surface area contributed by atoms with Gasteiger partial charge in [0.15, 0.2) is 0 Å². The first-order chi connectivity index (χ1) is 6.98. The highest BCUT2D eigenvalue weighted by atomic mass is 16.1. The van der Waals surface area contributed by atoms with E-state index in [9.17, 15) is 4.79 Å². The molecule has 2 nitrogen and oxygen atoms in total. The van der Waals surface area contributed by atoms with Crippen LogP contribution in [0.3, 0.4) is 0 Å². The zero-order chi connectivity index (χ0) is 11.5. The lowest BCUT2D eigenvalue weighted by Gasteiger charge is -2.30. The van der Waals surface area contributed by atoms with E-state index in [1.165, 1.54) is 5.56 Å². The summed E-state index contributed by atoms with van der Waals surface area (Å²) < 4.78 is 0. The molecule has 0 radical (unpaired) electrons. The molecule has 0 aliphatic carbocycles. The molecule has 0 aromatic heterocycles. The lowest BCUT2D eigenvalue weighted by atomic mass is 9.75. The van der Waals surface area contributed by atoms with Crippen molar-refractivity contribution in [1.29, 1.82) is 0 Å². The summed E-state index contributed by atoms with van der Waals surface area (Å²) in [5.41, 5.74) is 2.24. The number of rotatable bonds is 4. The fourth-order valence-corrected chi connectivity index (χ4v) is 1.41. The third-order valence-corrected chi connectivity index (χ3v) is 3.28. The fourth-order valence-electron chi connectivity index (χ4n) is 1.41. The maximum absolute atomic E-state index is 10.4. The summed E-state index contributed by atoms with van der Waals surface area (Å²) in [6, 6.07) is 8.02. The number of hydrogen-bond acceptors (Lipinski definition) is 1. The monoisotopic (exact) mass is 205 g/mol. The van der Waals surface area contributed by atoms with Crippen molar-refractivity contribution in [3.05, 3.63) is 29.8 Å². The van der Waals surface area contributed by atoms with Crippen LogP contribution in [0.2, 0.25) is 0 Å². The lowest BCUT2D eigenvalue weighted by molar-refractivity contribution is -0.105. The molecule has 1 amide bonds. The second kappa shape index (κ2) is 4.47. The van der Waals surface area contributed by atoms with E-state index in [1.54, 1.807) is 0 Å². The summed E-state index contributed by atoms with van der Waals surface area (Å²) >= 11 is 0. The van der Waals surface area contributed by atoms with E-state index in [4.69, 9.17) is 0 Å². The van der Waals surface area contributed by atoms with Gasteiger partial charge in [-0.1, -0.05) is 39.8 Å². The van der Waals surface area contributed by atoms with Crippen molar-refractivity contribution in [2.75, 3.05) is 5.32 Å². The first kappa shape index (κ1) is 11.8. The average molecular weight is 205 g/mol. The van der Waals surface area contributed by atoms with Crippen molar-refractivity contribution >= 4 is 12.1 Å². The molecule has 82 valence electrons. The van der Waals surface area contributed by atoms with Crippen LogP contribution in [0.4, 0.5) is 5.69 Å². The molecule has 0 heterocycles. The molecule has 0 spiro atoms. The Labute approximate surface area is 91.7 Å². The Balaban J connectivity index is 3.04. The van der Waals surface area contributed by atoms with Crippen molar-refractivity contribution in [1.82, 2.24) is 0 Å². The standard InChI is InChI=1S/C13H19NO/c1-10(2)13(3,4)11-6-5-7-12(8-11)14-9-15/h5-10H,1-4H3,(H,14,15). The third-order valence-electron chi connectivity index (χ3n) is 3.28. The Hall–Kier alpha value is -1.31. The van der Waals surface area contributed by atoms with Gasteiger partial charge in [-0.05, 0) is 29.0 Å². The largest absolute Gasteiger partial charge is 0.329 e. The van der Waals surface area contributed by atoms with E-state index >= 15 is 0 Å². The summed E-state index contributed by atoms with van der Waals surface area (Å²) in [7, 11) is 0. The predicted octanol–water partition coefficient (Wildman–Crippen LogP) is 3.19. The van der Waals surface area contributed by atoms with E-state index in [0.717, 1.165) is 5.69 Å². The normalized spacial score (nSPS) is 11.5. The minimum absolute atomic E-state index is 0.126. The molecule has 0 bridgehead atoms. The molecular formula is C13H19NO. The molecule has 0 saturated heterocycles. The Morgan fingerprint density at radius 2 is 2.00 bits per heavy atom. The quantitative estimate of drug-likeness (QED) is 0.751. The number of anilines is 1. The highest BCUT2D eigenvalue weighted by Gasteiger charge is 2.24. The van der Waals surface area contributed by atoms with Crippen molar-refractivity contribution in [3.8, 4) is 0 Å². The van der Waals surface area contributed by atoms with Crippen LogP contribution in [0.5, 0.6) is 0 Å². The average Bonchev–Trinajstić information content (AvgIpc) is 2.18. The molecule has 15 heavy (non-hydrogen) atoms. The molecule has 0 unspecified atom stereocenters. The molecule has 2 heteroatoms. The van der Waals surface area contributed by atoms with Crippen molar-refractivity contribution in [2.45, 2.75) is 33.1 Å². The Bertz CT molecular complexity index is 342. The molecule has 0 fully saturated rings. The lowest BCUT2D eigenvalue weighted by Crippen LogP contribution is -2.24. The molecule has 0 atom stereocenters. The first-order valence-corrected chi connectivity index (χ1v) is 5.29. The van der Waals surface area contributed by atoms with Gasteiger partial charge in [0, 0.05) is 5.69 Å². The van der Waals surface area contributed by atoms with E-state index in [0.29, 0.717) is 12.3 Å². The van der Waals surface area contributed by atoms with E-state index < -0.39 is 0 Å². The van der Waals surface area contributed by atoms with E-state index in [1.807, 2.05) is 18.2 Å². The summed E-state index contributed by atoms with van der Waals surface area (Å²) in [6.07, 6.45) is 0.710. The Morgan fingerprint density at radius 1 is 1.33 bits per heavy atom. The van der Waals surface area contributed by atoms with Crippen LogP contribution in [0.15, 0.2) is 24.3 Å². The van der Waals surface area contributed by atoms with Gasteiger partial charge < -0.3 is 5.32 Å². The zero-order valence-corrected chi connectivity index (χ0v) is 9.87. The Kier molecular flexibility index (Phi) is 3.51. The van der Waals surface area contributed by atoms with E-state index in [-0.39, 0.29) is 5.41 Å². The number of benzene rings is 1.